The summed E-state index contributed by atoms with van der Waals surface area (Å²) in [6.45, 7) is 1.85. The summed E-state index contributed by atoms with van der Waals surface area (Å²) in [5.41, 5.74) is 9.50. The molecule has 2 aromatic carbocycles. The van der Waals surface area contributed by atoms with Crippen LogP contribution in [-0.4, -0.2) is 30.0 Å². The van der Waals surface area contributed by atoms with Crippen LogP contribution in [0.5, 0.6) is 5.75 Å². The Morgan fingerprint density at radius 1 is 1.29 bits per heavy atom. The van der Waals surface area contributed by atoms with Gasteiger partial charge in [-0.15, -0.1) is 0 Å². The minimum atomic E-state index is -0.852. The Kier molecular flexibility index (Phi) is 4.57. The first-order chi connectivity index (χ1) is 11.6. The average Bonchev–Trinajstić information content (AvgIpc) is 2.97. The smallest absolute Gasteiger partial charge is 0.338 e. The van der Waals surface area contributed by atoms with Gasteiger partial charge in [0, 0.05) is 18.8 Å². The molecular formula is C18H21N3O3. The summed E-state index contributed by atoms with van der Waals surface area (Å²) < 4.78 is 5.28. The number of carbonyl (C=O) groups is 1. The molecule has 0 fully saturated rings. The van der Waals surface area contributed by atoms with Crippen molar-refractivity contribution in [1.29, 1.82) is 0 Å². The zero-order chi connectivity index (χ0) is 17.1. The zero-order valence-corrected chi connectivity index (χ0v) is 13.6. The number of urea groups is 1. The van der Waals surface area contributed by atoms with E-state index in [1.54, 1.807) is 7.11 Å². The Morgan fingerprint density at radius 2 is 2.12 bits per heavy atom. The Morgan fingerprint density at radius 3 is 2.88 bits per heavy atom. The van der Waals surface area contributed by atoms with E-state index >= 15 is 0 Å². The van der Waals surface area contributed by atoms with E-state index < -0.39 is 6.03 Å². The van der Waals surface area contributed by atoms with Gasteiger partial charge >= 0.3 is 6.03 Å². The quantitative estimate of drug-likeness (QED) is 0.653. The lowest BCUT2D eigenvalue weighted by molar-refractivity contribution is -0.0470. The Bertz CT molecular complexity index is 748. The van der Waals surface area contributed by atoms with Crippen LogP contribution < -0.4 is 15.4 Å². The lowest BCUT2D eigenvalue weighted by Crippen LogP contribution is -2.32. The number of primary amides is 1. The molecule has 0 aromatic heterocycles. The number of anilines is 1. The Balaban J connectivity index is 1.74. The van der Waals surface area contributed by atoms with Gasteiger partial charge < -0.3 is 15.4 Å². The lowest BCUT2D eigenvalue weighted by Gasteiger charge is -2.20. The molecule has 24 heavy (non-hydrogen) atoms. The highest BCUT2D eigenvalue weighted by Gasteiger charge is 2.20. The van der Waals surface area contributed by atoms with Crippen LogP contribution >= 0.6 is 0 Å². The van der Waals surface area contributed by atoms with Crippen molar-refractivity contribution in [3.05, 3.63) is 59.2 Å². The largest absolute Gasteiger partial charge is 0.497 e. The molecule has 2 aromatic rings. The highest BCUT2D eigenvalue weighted by Crippen LogP contribution is 2.31. The minimum absolute atomic E-state index is 0.0957. The van der Waals surface area contributed by atoms with Crippen molar-refractivity contribution in [3.63, 3.8) is 0 Å². The van der Waals surface area contributed by atoms with Crippen molar-refractivity contribution in [2.45, 2.75) is 19.5 Å². The molecule has 1 aliphatic heterocycles. The van der Waals surface area contributed by atoms with Crippen molar-refractivity contribution in [2.24, 2.45) is 5.73 Å². The van der Waals surface area contributed by atoms with E-state index in [1.165, 1.54) is 16.8 Å². The average molecular weight is 327 g/mol. The number of carbonyl (C=O) groups excluding carboxylic acids is 1. The summed E-state index contributed by atoms with van der Waals surface area (Å²) in [4.78, 5) is 13.2. The number of hydrogen-bond donors (Lipinski definition) is 2. The fourth-order valence-corrected chi connectivity index (χ4v) is 3.03. The van der Waals surface area contributed by atoms with Gasteiger partial charge in [0.1, 0.15) is 5.75 Å². The van der Waals surface area contributed by atoms with E-state index in [0.29, 0.717) is 5.06 Å². The summed E-state index contributed by atoms with van der Waals surface area (Å²) in [7, 11) is 1.67. The predicted octanol–water partition coefficient (Wildman–Crippen LogP) is 2.53. The molecule has 2 amide bonds. The van der Waals surface area contributed by atoms with Crippen molar-refractivity contribution in [3.8, 4) is 5.75 Å². The number of methoxy groups -OCH3 is 1. The van der Waals surface area contributed by atoms with Crippen molar-refractivity contribution < 1.29 is 14.7 Å². The summed E-state index contributed by atoms with van der Waals surface area (Å²) in [5.74, 6) is 0.858. The molecule has 1 aliphatic rings. The molecule has 0 saturated carbocycles. The molecule has 0 atom stereocenters. The van der Waals surface area contributed by atoms with Crippen LogP contribution in [0.2, 0.25) is 0 Å². The van der Waals surface area contributed by atoms with Crippen LogP contribution in [-0.2, 0) is 19.5 Å². The van der Waals surface area contributed by atoms with Gasteiger partial charge in [0.25, 0.3) is 0 Å². The summed E-state index contributed by atoms with van der Waals surface area (Å²) >= 11 is 0. The van der Waals surface area contributed by atoms with Crippen LogP contribution in [0.15, 0.2) is 42.5 Å². The second kappa shape index (κ2) is 6.80. The molecule has 1 heterocycles. The monoisotopic (exact) mass is 327 g/mol. The van der Waals surface area contributed by atoms with Crippen LogP contribution in [0, 0.1) is 0 Å². The summed E-state index contributed by atoms with van der Waals surface area (Å²) in [6.07, 6.45) is 0.940. The van der Waals surface area contributed by atoms with Crippen LogP contribution in [0.4, 0.5) is 10.5 Å². The number of hydrogen-bond acceptors (Lipinski definition) is 4. The predicted molar refractivity (Wildman–Crippen MR) is 91.1 cm³/mol. The SMILES string of the molecule is COc1cccc(CN2CCc3cc(CN(O)C(N)=O)ccc32)c1. The summed E-state index contributed by atoms with van der Waals surface area (Å²) in [6, 6.07) is 13.2. The number of hydroxylamine groups is 2. The molecular weight excluding hydrogens is 306 g/mol. The van der Waals surface area contributed by atoms with Gasteiger partial charge in [-0.3, -0.25) is 5.21 Å². The van der Waals surface area contributed by atoms with Gasteiger partial charge in [-0.05, 0) is 41.3 Å². The standard InChI is InChI=1S/C18H21N3O3/c1-24-16-4-2-3-13(10-16)11-20-8-7-15-9-14(5-6-17(15)20)12-21(23)18(19)22/h2-6,9-10,23H,7-8,11-12H2,1H3,(H2,19,22). The number of nitrogens with two attached hydrogens (primary N) is 1. The second-order valence-corrected chi connectivity index (χ2v) is 5.88. The molecule has 126 valence electrons. The molecule has 3 rings (SSSR count). The molecule has 0 radical (unpaired) electrons. The number of rotatable bonds is 5. The topological polar surface area (TPSA) is 79.0 Å². The molecule has 0 saturated heterocycles. The van der Waals surface area contributed by atoms with Gasteiger partial charge in [0.15, 0.2) is 0 Å². The Hall–Kier alpha value is -2.73. The third-order valence-corrected chi connectivity index (χ3v) is 4.23. The highest BCUT2D eigenvalue weighted by molar-refractivity contribution is 5.70. The van der Waals surface area contributed by atoms with Gasteiger partial charge in [0.2, 0.25) is 0 Å². The van der Waals surface area contributed by atoms with E-state index in [-0.39, 0.29) is 6.54 Å². The molecule has 6 heteroatoms. The summed E-state index contributed by atoms with van der Waals surface area (Å²) in [5, 5.41) is 9.98. The molecule has 0 spiro atoms. The number of ether oxygens (including phenoxy) is 1. The van der Waals surface area contributed by atoms with E-state index in [0.717, 1.165) is 30.8 Å². The van der Waals surface area contributed by atoms with Crippen LogP contribution in [0.1, 0.15) is 16.7 Å². The van der Waals surface area contributed by atoms with Gasteiger partial charge in [-0.25, -0.2) is 9.86 Å². The number of amides is 2. The molecule has 6 nitrogen and oxygen atoms in total. The molecule has 3 N–H and O–H groups in total. The van der Waals surface area contributed by atoms with E-state index in [9.17, 15) is 10.0 Å². The highest BCUT2D eigenvalue weighted by atomic mass is 16.5. The van der Waals surface area contributed by atoms with Crippen LogP contribution in [0.25, 0.3) is 0 Å². The normalized spacial score (nSPS) is 12.8. The van der Waals surface area contributed by atoms with E-state index in [4.69, 9.17) is 10.5 Å². The maximum absolute atomic E-state index is 10.9. The number of benzene rings is 2. The maximum Gasteiger partial charge on any atom is 0.338 e. The minimum Gasteiger partial charge on any atom is -0.497 e. The molecule has 0 unspecified atom stereocenters. The first kappa shape index (κ1) is 16.1. The fourth-order valence-electron chi connectivity index (χ4n) is 3.03. The van der Waals surface area contributed by atoms with Gasteiger partial charge in [-0.1, -0.05) is 24.3 Å². The fraction of sp³-hybridized carbons (Fsp3) is 0.278. The number of fused-ring (bicyclic) bond motifs is 1. The Labute approximate surface area is 141 Å². The maximum atomic E-state index is 10.9. The van der Waals surface area contributed by atoms with Crippen molar-refractivity contribution in [2.75, 3.05) is 18.6 Å². The first-order valence-electron chi connectivity index (χ1n) is 7.82. The van der Waals surface area contributed by atoms with Crippen LogP contribution in [0.3, 0.4) is 0 Å². The van der Waals surface area contributed by atoms with Gasteiger partial charge in [0.05, 0.1) is 13.7 Å². The lowest BCUT2D eigenvalue weighted by atomic mass is 10.1. The molecule has 0 bridgehead atoms. The second-order valence-electron chi connectivity index (χ2n) is 5.88. The number of nitrogens with zero attached hydrogens (tertiary/aromatic N) is 2. The zero-order valence-electron chi connectivity index (χ0n) is 13.6. The third kappa shape index (κ3) is 3.44. The third-order valence-electron chi connectivity index (χ3n) is 4.23. The van der Waals surface area contributed by atoms with E-state index in [2.05, 4.69) is 11.0 Å². The van der Waals surface area contributed by atoms with Crippen molar-refractivity contribution >= 4 is 11.7 Å². The first-order valence-corrected chi connectivity index (χ1v) is 7.82. The molecule has 0 aliphatic carbocycles. The van der Waals surface area contributed by atoms with E-state index in [1.807, 2.05) is 36.4 Å². The van der Waals surface area contributed by atoms with Crippen molar-refractivity contribution in [1.82, 2.24) is 5.06 Å². The van der Waals surface area contributed by atoms with Gasteiger partial charge in [-0.2, -0.15) is 0 Å².